The van der Waals surface area contributed by atoms with E-state index in [0.29, 0.717) is 12.1 Å². The average Bonchev–Trinajstić information content (AvgIpc) is 2.29. The van der Waals surface area contributed by atoms with Gasteiger partial charge in [-0.2, -0.15) is 4.39 Å². The largest absolute Gasteiger partial charge is 0.270 e. The van der Waals surface area contributed by atoms with Gasteiger partial charge in [0.05, 0.1) is 0 Å². The van der Waals surface area contributed by atoms with Crippen molar-refractivity contribution >= 4 is 0 Å². The molecule has 2 nitrogen and oxygen atoms in total. The fourth-order valence-corrected chi connectivity index (χ4v) is 1.06. The normalized spacial score (nSPS) is 12.1. The topological polar surface area (TPSA) is 17.8 Å². The van der Waals surface area contributed by atoms with Gasteiger partial charge in [-0.1, -0.05) is 20.8 Å². The highest BCUT2D eigenvalue weighted by molar-refractivity contribution is 5.16. The number of rotatable bonds is 1. The first kappa shape index (κ1) is 9.23. The van der Waals surface area contributed by atoms with Gasteiger partial charge < -0.3 is 0 Å². The fraction of sp³-hybridized carbons (Fsp3) is 0.667. The second-order valence-corrected chi connectivity index (χ2v) is 3.94. The monoisotopic (exact) mass is 170 g/mol. The molecular weight excluding hydrogens is 155 g/mol. The number of nitrogens with zero attached hydrogens (tertiary/aromatic N) is 2. The van der Waals surface area contributed by atoms with Crippen LogP contribution in [0.2, 0.25) is 0 Å². The lowest BCUT2D eigenvalue weighted by atomic mass is 9.89. The molecule has 0 aliphatic carbocycles. The van der Waals surface area contributed by atoms with E-state index in [2.05, 4.69) is 5.10 Å². The molecule has 0 bridgehead atoms. The van der Waals surface area contributed by atoms with Crippen molar-refractivity contribution in [1.82, 2.24) is 9.78 Å². The minimum Gasteiger partial charge on any atom is -0.270 e. The smallest absolute Gasteiger partial charge is 0.236 e. The first-order chi connectivity index (χ1) is 5.45. The third-order valence-corrected chi connectivity index (χ3v) is 1.85. The molecule has 0 aliphatic rings. The van der Waals surface area contributed by atoms with Crippen molar-refractivity contribution in [1.29, 1.82) is 0 Å². The van der Waals surface area contributed by atoms with Crippen molar-refractivity contribution in [3.8, 4) is 0 Å². The molecule has 1 aromatic rings. The van der Waals surface area contributed by atoms with Crippen LogP contribution in [0.25, 0.3) is 0 Å². The lowest BCUT2D eigenvalue weighted by Crippen LogP contribution is -2.11. The maximum absolute atomic E-state index is 13.2. The molecule has 0 spiro atoms. The zero-order chi connectivity index (χ0) is 9.35. The van der Waals surface area contributed by atoms with Crippen molar-refractivity contribution in [2.45, 2.75) is 39.7 Å². The molecule has 0 fully saturated rings. The van der Waals surface area contributed by atoms with E-state index >= 15 is 0 Å². The molecule has 0 amide bonds. The summed E-state index contributed by atoms with van der Waals surface area (Å²) in [5.74, 6) is -0.343. The molecule has 0 aliphatic heterocycles. The molecular formula is C9H15FN2. The van der Waals surface area contributed by atoms with Crippen LogP contribution in [-0.4, -0.2) is 9.78 Å². The van der Waals surface area contributed by atoms with Crippen molar-refractivity contribution in [2.75, 3.05) is 0 Å². The summed E-state index contributed by atoms with van der Waals surface area (Å²) in [7, 11) is 0. The second kappa shape index (κ2) is 2.88. The van der Waals surface area contributed by atoms with E-state index in [4.69, 9.17) is 0 Å². The SMILES string of the molecule is CCn1cc(C(C)(C)C)c(F)n1. The lowest BCUT2D eigenvalue weighted by molar-refractivity contribution is 0.496. The Labute approximate surface area is 72.4 Å². The molecule has 1 aromatic heterocycles. The summed E-state index contributed by atoms with van der Waals surface area (Å²) >= 11 is 0. The first-order valence-corrected chi connectivity index (χ1v) is 4.18. The maximum atomic E-state index is 13.2. The van der Waals surface area contributed by atoms with Gasteiger partial charge in [0, 0.05) is 18.3 Å². The molecule has 1 heterocycles. The predicted octanol–water partition coefficient (Wildman–Crippen LogP) is 2.34. The Morgan fingerprint density at radius 3 is 2.33 bits per heavy atom. The standard InChI is InChI=1S/C9H15FN2/c1-5-12-6-7(8(10)11-12)9(2,3)4/h6H,5H2,1-4H3. The molecule has 12 heavy (non-hydrogen) atoms. The average molecular weight is 170 g/mol. The molecule has 3 heteroatoms. The van der Waals surface area contributed by atoms with E-state index in [0.717, 1.165) is 0 Å². The van der Waals surface area contributed by atoms with E-state index in [1.165, 1.54) is 0 Å². The van der Waals surface area contributed by atoms with Crippen molar-refractivity contribution in [2.24, 2.45) is 0 Å². The van der Waals surface area contributed by atoms with Gasteiger partial charge in [-0.05, 0) is 12.3 Å². The number of hydrogen-bond donors (Lipinski definition) is 0. The molecule has 0 atom stereocenters. The summed E-state index contributed by atoms with van der Waals surface area (Å²) in [5, 5.41) is 3.75. The second-order valence-electron chi connectivity index (χ2n) is 3.94. The summed E-state index contributed by atoms with van der Waals surface area (Å²) in [6.07, 6.45) is 1.77. The highest BCUT2D eigenvalue weighted by atomic mass is 19.1. The van der Waals surface area contributed by atoms with Crippen LogP contribution >= 0.6 is 0 Å². The van der Waals surface area contributed by atoms with E-state index in [9.17, 15) is 4.39 Å². The van der Waals surface area contributed by atoms with Gasteiger partial charge >= 0.3 is 0 Å². The highest BCUT2D eigenvalue weighted by Gasteiger charge is 2.21. The zero-order valence-corrected chi connectivity index (χ0v) is 8.06. The molecule has 0 aromatic carbocycles. The van der Waals surface area contributed by atoms with Crippen LogP contribution in [0.15, 0.2) is 6.20 Å². The zero-order valence-electron chi connectivity index (χ0n) is 8.06. The molecule has 68 valence electrons. The van der Waals surface area contributed by atoms with Gasteiger partial charge in [-0.15, -0.1) is 5.10 Å². The Morgan fingerprint density at radius 2 is 2.08 bits per heavy atom. The fourth-order valence-electron chi connectivity index (χ4n) is 1.06. The molecule has 1 rings (SSSR count). The van der Waals surface area contributed by atoms with Crippen molar-refractivity contribution in [3.05, 3.63) is 17.7 Å². The summed E-state index contributed by atoms with van der Waals surface area (Å²) in [6, 6.07) is 0. The summed E-state index contributed by atoms with van der Waals surface area (Å²) in [6.45, 7) is 8.60. The van der Waals surface area contributed by atoms with Crippen LogP contribution in [0, 0.1) is 5.95 Å². The number of halogens is 1. The quantitative estimate of drug-likeness (QED) is 0.632. The minimum absolute atomic E-state index is 0.155. The Hall–Kier alpha value is -0.860. The molecule has 0 radical (unpaired) electrons. The number of aryl methyl sites for hydroxylation is 1. The Morgan fingerprint density at radius 1 is 1.50 bits per heavy atom. The van der Waals surface area contributed by atoms with Crippen molar-refractivity contribution < 1.29 is 4.39 Å². The van der Waals surface area contributed by atoms with Crippen molar-refractivity contribution in [3.63, 3.8) is 0 Å². The molecule has 0 saturated heterocycles. The van der Waals surface area contributed by atoms with Crippen LogP contribution in [0.5, 0.6) is 0 Å². The lowest BCUT2D eigenvalue weighted by Gasteiger charge is -2.15. The van der Waals surface area contributed by atoms with Gasteiger partial charge in [-0.3, -0.25) is 4.68 Å². The van der Waals surface area contributed by atoms with E-state index in [-0.39, 0.29) is 11.4 Å². The van der Waals surface area contributed by atoms with Gasteiger partial charge in [0.25, 0.3) is 0 Å². The highest BCUT2D eigenvalue weighted by Crippen LogP contribution is 2.23. The van der Waals surface area contributed by atoms with Crippen LogP contribution in [0.4, 0.5) is 4.39 Å². The summed E-state index contributed by atoms with van der Waals surface area (Å²) < 4.78 is 14.8. The third kappa shape index (κ3) is 1.65. The van der Waals surface area contributed by atoms with E-state index < -0.39 is 0 Å². The number of aromatic nitrogens is 2. The molecule has 0 saturated carbocycles. The third-order valence-electron chi connectivity index (χ3n) is 1.85. The van der Waals surface area contributed by atoms with E-state index in [1.807, 2.05) is 27.7 Å². The Balaban J connectivity index is 3.08. The molecule has 0 unspecified atom stereocenters. The van der Waals surface area contributed by atoms with Gasteiger partial charge in [0.1, 0.15) is 0 Å². The molecule has 0 N–H and O–H groups in total. The van der Waals surface area contributed by atoms with Gasteiger partial charge in [0.15, 0.2) is 0 Å². The van der Waals surface area contributed by atoms with Gasteiger partial charge in [-0.25, -0.2) is 0 Å². The van der Waals surface area contributed by atoms with Crippen LogP contribution < -0.4 is 0 Å². The summed E-state index contributed by atoms with van der Waals surface area (Å²) in [5.41, 5.74) is 0.529. The maximum Gasteiger partial charge on any atom is 0.236 e. The number of hydrogen-bond acceptors (Lipinski definition) is 1. The van der Waals surface area contributed by atoms with Crippen LogP contribution in [0.1, 0.15) is 33.3 Å². The van der Waals surface area contributed by atoms with Crippen LogP contribution in [0.3, 0.4) is 0 Å². The van der Waals surface area contributed by atoms with Gasteiger partial charge in [0.2, 0.25) is 5.95 Å². The Kier molecular flexibility index (Phi) is 2.22. The minimum atomic E-state index is -0.343. The first-order valence-electron chi connectivity index (χ1n) is 4.18. The summed E-state index contributed by atoms with van der Waals surface area (Å²) in [4.78, 5) is 0. The van der Waals surface area contributed by atoms with Crippen LogP contribution in [-0.2, 0) is 12.0 Å². The Bertz CT molecular complexity index is 271. The predicted molar refractivity (Wildman–Crippen MR) is 46.6 cm³/mol. The van der Waals surface area contributed by atoms with E-state index in [1.54, 1.807) is 10.9 Å².